The second-order valence-electron chi connectivity index (χ2n) is 5.98. The Kier molecular flexibility index (Phi) is 7.64. The lowest BCUT2D eigenvalue weighted by Crippen LogP contribution is -2.42. The molecule has 1 aliphatic heterocycles. The molecule has 3 rings (SSSR count). The van der Waals surface area contributed by atoms with Gasteiger partial charge in [-0.25, -0.2) is 0 Å². The largest absolute Gasteiger partial charge is 0.390 e. The Balaban J connectivity index is 0.00000109. The molecule has 0 saturated heterocycles. The van der Waals surface area contributed by atoms with Crippen molar-refractivity contribution in [3.05, 3.63) is 71.3 Å². The number of carbonyl (C=O) groups is 1. The summed E-state index contributed by atoms with van der Waals surface area (Å²) >= 11 is 0. The van der Waals surface area contributed by atoms with Crippen molar-refractivity contribution in [2.75, 3.05) is 19.6 Å². The van der Waals surface area contributed by atoms with E-state index >= 15 is 0 Å². The summed E-state index contributed by atoms with van der Waals surface area (Å²) in [6, 6.07) is 17.5. The first kappa shape index (κ1) is 19.2. The number of amides is 1. The van der Waals surface area contributed by atoms with Crippen molar-refractivity contribution in [1.82, 2.24) is 10.2 Å². The topological polar surface area (TPSA) is 52.6 Å². The van der Waals surface area contributed by atoms with Crippen LogP contribution in [0.5, 0.6) is 0 Å². The Bertz CT molecular complexity index is 658. The predicted molar refractivity (Wildman–Crippen MR) is 102 cm³/mol. The molecule has 1 heterocycles. The van der Waals surface area contributed by atoms with Crippen molar-refractivity contribution >= 4 is 5.91 Å². The molecular formula is C21H28N2O2. The van der Waals surface area contributed by atoms with Crippen molar-refractivity contribution < 1.29 is 9.90 Å². The van der Waals surface area contributed by atoms with Crippen molar-refractivity contribution in [2.45, 2.75) is 32.9 Å². The molecule has 4 heteroatoms. The van der Waals surface area contributed by atoms with Crippen LogP contribution < -0.4 is 5.32 Å². The minimum absolute atomic E-state index is 0.145. The summed E-state index contributed by atoms with van der Waals surface area (Å²) in [5, 5.41) is 13.0. The third kappa shape index (κ3) is 5.69. The fraction of sp³-hybridized carbons (Fsp3) is 0.381. The van der Waals surface area contributed by atoms with Gasteiger partial charge in [-0.2, -0.15) is 0 Å². The molecule has 1 atom stereocenters. The number of carbonyl (C=O) groups excluding carboxylic acids is 1. The molecule has 0 spiro atoms. The molecule has 1 aliphatic rings. The number of nitrogens with zero attached hydrogens (tertiary/aromatic N) is 1. The van der Waals surface area contributed by atoms with E-state index in [0.29, 0.717) is 12.1 Å². The average molecular weight is 340 g/mol. The molecular weight excluding hydrogens is 312 g/mol. The summed E-state index contributed by atoms with van der Waals surface area (Å²) in [4.78, 5) is 14.2. The van der Waals surface area contributed by atoms with Gasteiger partial charge in [-0.05, 0) is 29.7 Å². The van der Waals surface area contributed by atoms with Gasteiger partial charge in [0.15, 0.2) is 0 Å². The maximum Gasteiger partial charge on any atom is 0.251 e. The van der Waals surface area contributed by atoms with Gasteiger partial charge in [-0.15, -0.1) is 0 Å². The Morgan fingerprint density at radius 3 is 2.44 bits per heavy atom. The summed E-state index contributed by atoms with van der Waals surface area (Å²) in [5.74, 6) is -0.145. The molecule has 1 amide bonds. The molecule has 25 heavy (non-hydrogen) atoms. The van der Waals surface area contributed by atoms with Crippen LogP contribution in [0.1, 0.15) is 35.3 Å². The number of aliphatic hydroxyl groups is 1. The monoisotopic (exact) mass is 340 g/mol. The van der Waals surface area contributed by atoms with E-state index < -0.39 is 6.10 Å². The van der Waals surface area contributed by atoms with E-state index in [4.69, 9.17) is 0 Å². The second-order valence-corrected chi connectivity index (χ2v) is 5.98. The third-order valence-corrected chi connectivity index (χ3v) is 4.21. The SMILES string of the molecule is CC.O=C(NC[C@H](O)CN1CCc2ccccc2C1)c1ccccc1. The molecule has 0 unspecified atom stereocenters. The van der Waals surface area contributed by atoms with E-state index in [1.165, 1.54) is 11.1 Å². The van der Waals surface area contributed by atoms with Crippen LogP contribution in [0.2, 0.25) is 0 Å². The highest BCUT2D eigenvalue weighted by Crippen LogP contribution is 2.18. The smallest absolute Gasteiger partial charge is 0.251 e. The van der Waals surface area contributed by atoms with Gasteiger partial charge in [0.2, 0.25) is 0 Å². The molecule has 0 aromatic heterocycles. The van der Waals surface area contributed by atoms with Crippen molar-refractivity contribution in [3.8, 4) is 0 Å². The summed E-state index contributed by atoms with van der Waals surface area (Å²) < 4.78 is 0. The maximum absolute atomic E-state index is 12.0. The minimum Gasteiger partial charge on any atom is -0.390 e. The standard InChI is InChI=1S/C19H22N2O2.C2H6/c22-18(12-20-19(23)16-7-2-1-3-8-16)14-21-11-10-15-6-4-5-9-17(15)13-21;1-2/h1-9,18,22H,10-14H2,(H,20,23);1-2H3/t18-;/m0./s1. The lowest BCUT2D eigenvalue weighted by atomic mass is 10.00. The van der Waals surface area contributed by atoms with Crippen LogP contribution in [0.4, 0.5) is 0 Å². The summed E-state index contributed by atoms with van der Waals surface area (Å²) in [5.41, 5.74) is 3.35. The number of β-amino-alcohol motifs (C(OH)–C–C–N with tert-alkyl or cyclic N) is 1. The van der Waals surface area contributed by atoms with Crippen LogP contribution in [-0.2, 0) is 13.0 Å². The Morgan fingerprint density at radius 1 is 1.08 bits per heavy atom. The van der Waals surface area contributed by atoms with Gasteiger partial charge in [0, 0.05) is 31.7 Å². The Morgan fingerprint density at radius 2 is 1.72 bits per heavy atom. The van der Waals surface area contributed by atoms with Gasteiger partial charge < -0.3 is 10.4 Å². The zero-order chi connectivity index (χ0) is 18.1. The quantitative estimate of drug-likeness (QED) is 0.880. The van der Waals surface area contributed by atoms with Crippen molar-refractivity contribution in [1.29, 1.82) is 0 Å². The van der Waals surface area contributed by atoms with E-state index in [0.717, 1.165) is 19.5 Å². The fourth-order valence-corrected chi connectivity index (χ4v) is 2.97. The number of rotatable bonds is 5. The number of nitrogens with one attached hydrogen (secondary N) is 1. The summed E-state index contributed by atoms with van der Waals surface area (Å²) in [6.07, 6.45) is 0.451. The first-order valence-corrected chi connectivity index (χ1v) is 9.03. The lowest BCUT2D eigenvalue weighted by Gasteiger charge is -2.30. The minimum atomic E-state index is -0.562. The molecule has 0 radical (unpaired) electrons. The summed E-state index contributed by atoms with van der Waals surface area (Å²) in [7, 11) is 0. The second kappa shape index (κ2) is 9.97. The summed E-state index contributed by atoms with van der Waals surface area (Å²) in [6.45, 7) is 6.65. The van der Waals surface area contributed by atoms with E-state index in [2.05, 4.69) is 34.5 Å². The van der Waals surface area contributed by atoms with E-state index in [9.17, 15) is 9.90 Å². The van der Waals surface area contributed by atoms with Crippen LogP contribution in [-0.4, -0.2) is 41.7 Å². The van der Waals surface area contributed by atoms with Gasteiger partial charge in [-0.3, -0.25) is 9.69 Å². The molecule has 2 aromatic rings. The number of aliphatic hydroxyl groups excluding tert-OH is 1. The molecule has 0 bridgehead atoms. The molecule has 0 saturated carbocycles. The number of fused-ring (bicyclic) bond motifs is 1. The number of benzene rings is 2. The zero-order valence-corrected chi connectivity index (χ0v) is 15.1. The van der Waals surface area contributed by atoms with Crippen LogP contribution in [0.3, 0.4) is 0 Å². The highest BCUT2D eigenvalue weighted by Gasteiger charge is 2.18. The predicted octanol–water partition coefficient (Wildman–Crippen LogP) is 2.86. The normalized spacial score (nSPS) is 14.7. The first-order chi connectivity index (χ1) is 12.2. The lowest BCUT2D eigenvalue weighted by molar-refractivity contribution is 0.0842. The van der Waals surface area contributed by atoms with Gasteiger partial charge in [0.05, 0.1) is 6.10 Å². The van der Waals surface area contributed by atoms with Crippen molar-refractivity contribution in [3.63, 3.8) is 0 Å². The first-order valence-electron chi connectivity index (χ1n) is 9.03. The van der Waals surface area contributed by atoms with E-state index in [1.54, 1.807) is 12.1 Å². The zero-order valence-electron chi connectivity index (χ0n) is 15.1. The molecule has 2 N–H and O–H groups in total. The van der Waals surface area contributed by atoms with Crippen LogP contribution >= 0.6 is 0 Å². The highest BCUT2D eigenvalue weighted by atomic mass is 16.3. The Hall–Kier alpha value is -2.17. The third-order valence-electron chi connectivity index (χ3n) is 4.21. The Labute approximate surface area is 150 Å². The number of hydrogen-bond acceptors (Lipinski definition) is 3. The number of hydrogen-bond donors (Lipinski definition) is 2. The van der Waals surface area contributed by atoms with Crippen LogP contribution in [0.25, 0.3) is 0 Å². The average Bonchev–Trinajstić information content (AvgIpc) is 2.68. The highest BCUT2D eigenvalue weighted by molar-refractivity contribution is 5.94. The molecule has 134 valence electrons. The van der Waals surface area contributed by atoms with Gasteiger partial charge in [0.1, 0.15) is 0 Å². The van der Waals surface area contributed by atoms with Crippen LogP contribution in [0, 0.1) is 0 Å². The fourth-order valence-electron chi connectivity index (χ4n) is 2.97. The van der Waals surface area contributed by atoms with E-state index in [-0.39, 0.29) is 12.5 Å². The van der Waals surface area contributed by atoms with Crippen LogP contribution in [0.15, 0.2) is 54.6 Å². The molecule has 0 fully saturated rings. The van der Waals surface area contributed by atoms with Gasteiger partial charge in [-0.1, -0.05) is 56.3 Å². The molecule has 4 nitrogen and oxygen atoms in total. The van der Waals surface area contributed by atoms with Gasteiger partial charge in [0.25, 0.3) is 5.91 Å². The van der Waals surface area contributed by atoms with Crippen molar-refractivity contribution in [2.24, 2.45) is 0 Å². The molecule has 2 aromatic carbocycles. The maximum atomic E-state index is 12.0. The molecule has 0 aliphatic carbocycles. The van der Waals surface area contributed by atoms with Gasteiger partial charge >= 0.3 is 0 Å². The van der Waals surface area contributed by atoms with E-state index in [1.807, 2.05) is 32.0 Å².